The third kappa shape index (κ3) is 3.09. The summed E-state index contributed by atoms with van der Waals surface area (Å²) in [6.07, 6.45) is 0.466. The quantitative estimate of drug-likeness (QED) is 0.470. The van der Waals surface area contributed by atoms with Crippen LogP contribution in [0.1, 0.15) is 17.7 Å². The van der Waals surface area contributed by atoms with Crippen molar-refractivity contribution in [2.24, 2.45) is 5.92 Å². The van der Waals surface area contributed by atoms with Gasteiger partial charge < -0.3 is 9.72 Å². The Morgan fingerprint density at radius 1 is 1.23 bits per heavy atom. The van der Waals surface area contributed by atoms with Gasteiger partial charge in [-0.1, -0.05) is 11.6 Å². The normalized spacial score (nSPS) is 18.6. The summed E-state index contributed by atoms with van der Waals surface area (Å²) in [5, 5.41) is -1.87. The molecule has 1 aromatic heterocycles. The number of aromatic nitrogens is 1. The molecule has 30 heavy (non-hydrogen) atoms. The summed E-state index contributed by atoms with van der Waals surface area (Å²) >= 11 is 6.08. The molecule has 1 aliphatic carbocycles. The first-order valence-corrected chi connectivity index (χ1v) is 11.1. The Hall–Kier alpha value is -2.45. The number of nitrogens with one attached hydrogen (secondary N) is 1. The Morgan fingerprint density at radius 2 is 1.93 bits per heavy atom. The summed E-state index contributed by atoms with van der Waals surface area (Å²) in [6.45, 7) is 0. The van der Waals surface area contributed by atoms with Crippen LogP contribution in [-0.4, -0.2) is 31.5 Å². The molecule has 0 fully saturated rings. The molecule has 3 aromatic rings. The van der Waals surface area contributed by atoms with Gasteiger partial charge in [0.1, 0.15) is 5.82 Å². The van der Waals surface area contributed by atoms with Crippen LogP contribution in [0.4, 0.5) is 8.78 Å². The topological polar surface area (TPSA) is 76.2 Å². The molecule has 0 aliphatic heterocycles. The van der Waals surface area contributed by atoms with Gasteiger partial charge in [0.15, 0.2) is 0 Å². The lowest BCUT2D eigenvalue weighted by molar-refractivity contribution is -0.152. The Balaban J connectivity index is 1.79. The summed E-state index contributed by atoms with van der Waals surface area (Å²) in [7, 11) is -3.87. The molecule has 0 spiro atoms. The van der Waals surface area contributed by atoms with Crippen molar-refractivity contribution in [2.75, 3.05) is 7.11 Å². The highest BCUT2D eigenvalue weighted by Crippen LogP contribution is 2.43. The van der Waals surface area contributed by atoms with Crippen LogP contribution in [0.5, 0.6) is 0 Å². The van der Waals surface area contributed by atoms with E-state index in [1.165, 1.54) is 0 Å². The van der Waals surface area contributed by atoms with Crippen LogP contribution in [0.25, 0.3) is 10.9 Å². The maximum absolute atomic E-state index is 16.3. The van der Waals surface area contributed by atoms with Gasteiger partial charge in [0.25, 0.3) is 0 Å². The molecule has 1 N–H and O–H groups in total. The van der Waals surface area contributed by atoms with Crippen LogP contribution in [0.3, 0.4) is 0 Å². The molecule has 2 atom stereocenters. The highest BCUT2D eigenvalue weighted by atomic mass is 35.5. The predicted octanol–water partition coefficient (Wildman–Crippen LogP) is 4.38. The van der Waals surface area contributed by atoms with Crippen molar-refractivity contribution >= 4 is 38.3 Å². The maximum Gasteiger partial charge on any atom is 0.360 e. The van der Waals surface area contributed by atoms with Gasteiger partial charge in [-0.2, -0.15) is 0 Å². The van der Waals surface area contributed by atoms with Crippen LogP contribution >= 0.6 is 11.6 Å². The number of halogens is 3. The number of rotatable bonds is 4. The summed E-state index contributed by atoms with van der Waals surface area (Å²) in [4.78, 5) is 15.2. The van der Waals surface area contributed by atoms with Gasteiger partial charge in [0, 0.05) is 27.5 Å². The predicted molar refractivity (Wildman–Crippen MR) is 108 cm³/mol. The summed E-state index contributed by atoms with van der Waals surface area (Å²) < 4.78 is 60.4. The first-order valence-electron chi connectivity index (χ1n) is 9.25. The van der Waals surface area contributed by atoms with Crippen molar-refractivity contribution in [1.82, 2.24) is 4.98 Å². The molecule has 2 unspecified atom stereocenters. The molecular formula is C21H18ClF2NO4S. The van der Waals surface area contributed by atoms with Crippen LogP contribution in [0, 0.1) is 11.7 Å². The zero-order valence-corrected chi connectivity index (χ0v) is 17.5. The number of carbonyl (C=O) groups is 1. The third-order valence-electron chi connectivity index (χ3n) is 5.65. The van der Waals surface area contributed by atoms with Gasteiger partial charge >= 0.3 is 11.0 Å². The van der Waals surface area contributed by atoms with Crippen LogP contribution in [0.2, 0.25) is 5.02 Å². The van der Waals surface area contributed by atoms with E-state index < -0.39 is 37.4 Å². The van der Waals surface area contributed by atoms with Crippen molar-refractivity contribution in [1.29, 1.82) is 0 Å². The van der Waals surface area contributed by atoms with Crippen molar-refractivity contribution in [3.63, 3.8) is 0 Å². The minimum atomic E-state index is -4.81. The molecule has 0 bridgehead atoms. The smallest absolute Gasteiger partial charge is 0.360 e. The highest BCUT2D eigenvalue weighted by molar-refractivity contribution is 7.93. The molecule has 1 heterocycles. The van der Waals surface area contributed by atoms with Crippen LogP contribution in [0.15, 0.2) is 47.4 Å². The number of hydrogen-bond donors (Lipinski definition) is 1. The average Bonchev–Trinajstić information content (AvgIpc) is 3.09. The molecule has 0 saturated carbocycles. The summed E-state index contributed by atoms with van der Waals surface area (Å²) in [6, 6.07) is 9.02. The van der Waals surface area contributed by atoms with E-state index >= 15 is 4.39 Å². The lowest BCUT2D eigenvalue weighted by Crippen LogP contribution is -2.51. The Morgan fingerprint density at radius 3 is 2.60 bits per heavy atom. The summed E-state index contributed by atoms with van der Waals surface area (Å²) in [5.41, 5.74) is 2.38. The maximum atomic E-state index is 16.3. The van der Waals surface area contributed by atoms with E-state index in [-0.39, 0.29) is 12.8 Å². The molecule has 5 nitrogen and oxygen atoms in total. The van der Waals surface area contributed by atoms with E-state index in [1.54, 1.807) is 18.2 Å². The van der Waals surface area contributed by atoms with Crippen molar-refractivity contribution in [3.8, 4) is 0 Å². The number of aryl methyl sites for hydroxylation is 1. The lowest BCUT2D eigenvalue weighted by Gasteiger charge is -2.33. The van der Waals surface area contributed by atoms with E-state index in [4.69, 9.17) is 11.6 Å². The number of methoxy groups -OCH3 is 1. The standard InChI is InChI=1S/C21H18ClF2NO4S/c1-29-20(26)21(24,30(27,28)15-6-4-14(23)5-7-15)12-2-8-16-17-11-13(22)3-9-18(17)25-19(16)10-12/h3-7,9,11-12,25H,2,8,10H2,1H3. The average molecular weight is 454 g/mol. The minimum absolute atomic E-state index is 0.00629. The second-order valence-corrected chi connectivity index (χ2v) is 9.81. The zero-order valence-electron chi connectivity index (χ0n) is 15.9. The van der Waals surface area contributed by atoms with Gasteiger partial charge in [-0.25, -0.2) is 22.0 Å². The number of benzene rings is 2. The number of alkyl halides is 1. The van der Waals surface area contributed by atoms with E-state index in [0.29, 0.717) is 17.1 Å². The van der Waals surface area contributed by atoms with Crippen LogP contribution < -0.4 is 0 Å². The largest absolute Gasteiger partial charge is 0.466 e. The number of sulfone groups is 1. The molecule has 2 aromatic carbocycles. The molecule has 158 valence electrons. The van der Waals surface area contributed by atoms with Crippen molar-refractivity contribution in [2.45, 2.75) is 29.2 Å². The summed E-state index contributed by atoms with van der Waals surface area (Å²) in [5.74, 6) is -3.34. The Kier molecular flexibility index (Phi) is 5.10. The zero-order chi connectivity index (χ0) is 21.7. The minimum Gasteiger partial charge on any atom is -0.466 e. The highest BCUT2D eigenvalue weighted by Gasteiger charge is 2.59. The number of aromatic amines is 1. The molecule has 9 heteroatoms. The third-order valence-corrected chi connectivity index (χ3v) is 8.06. The second kappa shape index (κ2) is 7.35. The van der Waals surface area contributed by atoms with E-state index in [1.807, 2.05) is 0 Å². The van der Waals surface area contributed by atoms with Crippen molar-refractivity contribution < 1.29 is 26.7 Å². The first kappa shape index (κ1) is 20.8. The fourth-order valence-corrected chi connectivity index (χ4v) is 6.09. The fourth-order valence-electron chi connectivity index (χ4n) is 4.14. The van der Waals surface area contributed by atoms with Gasteiger partial charge in [-0.15, -0.1) is 0 Å². The number of carbonyl (C=O) groups excluding carboxylic acids is 1. The molecule has 0 amide bonds. The Bertz CT molecular complexity index is 1240. The van der Waals surface area contributed by atoms with Gasteiger partial charge in [-0.05, 0) is 67.3 Å². The molecule has 0 saturated heterocycles. The van der Waals surface area contributed by atoms with Gasteiger partial charge in [0.05, 0.1) is 12.0 Å². The number of fused-ring (bicyclic) bond motifs is 3. The molecule has 4 rings (SSSR count). The van der Waals surface area contributed by atoms with Crippen LogP contribution in [-0.2, 0) is 32.2 Å². The lowest BCUT2D eigenvalue weighted by atomic mass is 9.83. The SMILES string of the molecule is COC(=O)C(F)(C1CCc2c([nH]c3ccc(Cl)cc23)C1)S(=O)(=O)c1ccc(F)cc1. The monoisotopic (exact) mass is 453 g/mol. The van der Waals surface area contributed by atoms with Gasteiger partial charge in [-0.3, -0.25) is 0 Å². The van der Waals surface area contributed by atoms with E-state index in [0.717, 1.165) is 47.8 Å². The number of esters is 1. The number of hydrogen-bond acceptors (Lipinski definition) is 4. The fraction of sp³-hybridized carbons (Fsp3) is 0.286. The molecule has 0 radical (unpaired) electrons. The van der Waals surface area contributed by atoms with E-state index in [9.17, 15) is 17.6 Å². The Labute approximate surface area is 176 Å². The second-order valence-electron chi connectivity index (χ2n) is 7.31. The first-order chi connectivity index (χ1) is 14.2. The van der Waals surface area contributed by atoms with Gasteiger partial charge in [0.2, 0.25) is 9.84 Å². The number of H-pyrrole nitrogens is 1. The number of ether oxygens (including phenoxy) is 1. The molecule has 1 aliphatic rings. The van der Waals surface area contributed by atoms with E-state index in [2.05, 4.69) is 9.72 Å². The van der Waals surface area contributed by atoms with Crippen molar-refractivity contribution in [3.05, 3.63) is 64.6 Å². The molecular weight excluding hydrogens is 436 g/mol.